The summed E-state index contributed by atoms with van der Waals surface area (Å²) in [6.45, 7) is 3.07. The van der Waals surface area contributed by atoms with Crippen molar-refractivity contribution in [2.75, 3.05) is 13.7 Å². The van der Waals surface area contributed by atoms with Crippen LogP contribution in [0, 0.1) is 5.92 Å². The lowest BCUT2D eigenvalue weighted by atomic mass is 9.97. The molecule has 1 unspecified atom stereocenters. The molecule has 0 radical (unpaired) electrons. The van der Waals surface area contributed by atoms with Crippen molar-refractivity contribution in [3.63, 3.8) is 0 Å². The Hall–Kier alpha value is -1.54. The number of nitrogens with two attached hydrogens (primary N) is 1. The lowest BCUT2D eigenvalue weighted by molar-refractivity contribution is 0.415. The maximum atomic E-state index is 5.59. The first-order valence-corrected chi connectivity index (χ1v) is 6.99. The number of fused-ring (bicyclic) bond motifs is 1. The Morgan fingerprint density at radius 2 is 1.79 bits per heavy atom. The average molecular weight is 257 g/mol. The molecule has 0 amide bonds. The minimum atomic E-state index is 0.705. The number of aryl methyl sites for hydroxylation is 1. The molecule has 2 rings (SSSR count). The summed E-state index contributed by atoms with van der Waals surface area (Å²) >= 11 is 0. The summed E-state index contributed by atoms with van der Waals surface area (Å²) in [5, 5.41) is 2.52. The van der Waals surface area contributed by atoms with Crippen LogP contribution in [-0.2, 0) is 6.42 Å². The quantitative estimate of drug-likeness (QED) is 0.855. The first kappa shape index (κ1) is 13.9. The van der Waals surface area contributed by atoms with Gasteiger partial charge in [0, 0.05) is 0 Å². The van der Waals surface area contributed by atoms with Crippen molar-refractivity contribution in [3.8, 4) is 5.75 Å². The van der Waals surface area contributed by atoms with Gasteiger partial charge in [0.15, 0.2) is 0 Å². The van der Waals surface area contributed by atoms with Gasteiger partial charge >= 0.3 is 0 Å². The highest BCUT2D eigenvalue weighted by atomic mass is 16.5. The van der Waals surface area contributed by atoms with Crippen LogP contribution >= 0.6 is 0 Å². The van der Waals surface area contributed by atoms with E-state index in [0.717, 1.165) is 25.1 Å². The second kappa shape index (κ2) is 6.58. The van der Waals surface area contributed by atoms with Crippen LogP contribution in [0.2, 0.25) is 0 Å². The SMILES string of the molecule is COc1ccc2cc(CCC(C)CCN)ccc2c1. The third-order valence-corrected chi connectivity index (χ3v) is 3.70. The van der Waals surface area contributed by atoms with E-state index >= 15 is 0 Å². The Morgan fingerprint density at radius 1 is 1.05 bits per heavy atom. The second-order valence-corrected chi connectivity index (χ2v) is 5.27. The molecule has 0 aliphatic heterocycles. The summed E-state index contributed by atoms with van der Waals surface area (Å²) < 4.78 is 5.25. The van der Waals surface area contributed by atoms with Crippen LogP contribution in [-0.4, -0.2) is 13.7 Å². The first-order valence-electron chi connectivity index (χ1n) is 6.99. The number of hydrogen-bond donors (Lipinski definition) is 1. The molecule has 102 valence electrons. The Morgan fingerprint density at radius 3 is 2.53 bits per heavy atom. The van der Waals surface area contributed by atoms with Crippen molar-refractivity contribution in [3.05, 3.63) is 42.0 Å². The van der Waals surface area contributed by atoms with Crippen LogP contribution in [0.15, 0.2) is 36.4 Å². The van der Waals surface area contributed by atoms with E-state index in [1.54, 1.807) is 7.11 Å². The Balaban J connectivity index is 2.09. The molecule has 0 aliphatic carbocycles. The normalized spacial score (nSPS) is 12.6. The standard InChI is InChI=1S/C17H23NO/c1-13(9-10-18)3-4-14-5-6-16-12-17(19-2)8-7-15(16)11-14/h5-8,11-13H,3-4,9-10,18H2,1-2H3. The molecule has 2 nitrogen and oxygen atoms in total. The zero-order chi connectivity index (χ0) is 13.7. The van der Waals surface area contributed by atoms with Crippen LogP contribution in [0.5, 0.6) is 5.75 Å². The molecule has 19 heavy (non-hydrogen) atoms. The van der Waals surface area contributed by atoms with Crippen molar-refractivity contribution in [2.24, 2.45) is 11.7 Å². The molecule has 0 bridgehead atoms. The maximum Gasteiger partial charge on any atom is 0.119 e. The fourth-order valence-corrected chi connectivity index (χ4v) is 2.40. The van der Waals surface area contributed by atoms with E-state index in [0.29, 0.717) is 5.92 Å². The molecule has 0 spiro atoms. The van der Waals surface area contributed by atoms with Crippen molar-refractivity contribution in [1.29, 1.82) is 0 Å². The fourth-order valence-electron chi connectivity index (χ4n) is 2.40. The molecule has 2 heteroatoms. The van der Waals surface area contributed by atoms with Gasteiger partial charge in [-0.15, -0.1) is 0 Å². The highest BCUT2D eigenvalue weighted by molar-refractivity contribution is 5.84. The van der Waals surface area contributed by atoms with Gasteiger partial charge in [-0.25, -0.2) is 0 Å². The molecule has 0 aromatic heterocycles. The molecule has 0 heterocycles. The van der Waals surface area contributed by atoms with E-state index in [1.165, 1.54) is 22.8 Å². The molecule has 2 aromatic carbocycles. The van der Waals surface area contributed by atoms with E-state index in [4.69, 9.17) is 10.5 Å². The molecular weight excluding hydrogens is 234 g/mol. The molecular formula is C17H23NO. The number of rotatable bonds is 6. The van der Waals surface area contributed by atoms with Crippen LogP contribution < -0.4 is 10.5 Å². The van der Waals surface area contributed by atoms with Gasteiger partial charge in [0.2, 0.25) is 0 Å². The van der Waals surface area contributed by atoms with Crippen LogP contribution in [0.25, 0.3) is 10.8 Å². The summed E-state index contributed by atoms with van der Waals surface area (Å²) in [7, 11) is 1.70. The molecule has 2 N–H and O–H groups in total. The maximum absolute atomic E-state index is 5.59. The first-order chi connectivity index (χ1) is 9.22. The van der Waals surface area contributed by atoms with Gasteiger partial charge in [0.25, 0.3) is 0 Å². The van der Waals surface area contributed by atoms with Crippen LogP contribution in [0.3, 0.4) is 0 Å². The summed E-state index contributed by atoms with van der Waals surface area (Å²) in [6, 6.07) is 12.9. The van der Waals surface area contributed by atoms with Crippen molar-refractivity contribution in [1.82, 2.24) is 0 Å². The highest BCUT2D eigenvalue weighted by Crippen LogP contribution is 2.23. The van der Waals surface area contributed by atoms with E-state index in [1.807, 2.05) is 6.07 Å². The minimum absolute atomic E-state index is 0.705. The number of hydrogen-bond acceptors (Lipinski definition) is 2. The Labute approximate surface area is 115 Å². The number of benzene rings is 2. The summed E-state index contributed by atoms with van der Waals surface area (Å²) in [5.41, 5.74) is 6.99. The lowest BCUT2D eigenvalue weighted by Crippen LogP contribution is -2.06. The summed E-state index contributed by atoms with van der Waals surface area (Å²) in [5.74, 6) is 1.62. The van der Waals surface area contributed by atoms with Crippen molar-refractivity contribution < 1.29 is 4.74 Å². The summed E-state index contributed by atoms with van der Waals surface area (Å²) in [4.78, 5) is 0. The Bertz CT molecular complexity index is 536. The number of methoxy groups -OCH3 is 1. The second-order valence-electron chi connectivity index (χ2n) is 5.27. The topological polar surface area (TPSA) is 35.2 Å². The lowest BCUT2D eigenvalue weighted by Gasteiger charge is -2.10. The van der Waals surface area contributed by atoms with E-state index in [9.17, 15) is 0 Å². The van der Waals surface area contributed by atoms with Crippen LogP contribution in [0.4, 0.5) is 0 Å². The molecule has 0 saturated carbocycles. The minimum Gasteiger partial charge on any atom is -0.497 e. The van der Waals surface area contributed by atoms with E-state index < -0.39 is 0 Å². The van der Waals surface area contributed by atoms with Gasteiger partial charge in [0.1, 0.15) is 5.75 Å². The van der Waals surface area contributed by atoms with Crippen molar-refractivity contribution in [2.45, 2.75) is 26.2 Å². The van der Waals surface area contributed by atoms with Gasteiger partial charge in [0.05, 0.1) is 7.11 Å². The number of ether oxygens (including phenoxy) is 1. The third kappa shape index (κ3) is 3.71. The van der Waals surface area contributed by atoms with Crippen LogP contribution in [0.1, 0.15) is 25.3 Å². The average Bonchev–Trinajstić information content (AvgIpc) is 2.44. The Kier molecular flexibility index (Phi) is 4.80. The van der Waals surface area contributed by atoms with Gasteiger partial charge in [-0.3, -0.25) is 0 Å². The predicted molar refractivity (Wildman–Crippen MR) is 81.7 cm³/mol. The summed E-state index contributed by atoms with van der Waals surface area (Å²) in [6.07, 6.45) is 3.45. The molecule has 2 aromatic rings. The monoisotopic (exact) mass is 257 g/mol. The van der Waals surface area contributed by atoms with Gasteiger partial charge in [-0.2, -0.15) is 0 Å². The third-order valence-electron chi connectivity index (χ3n) is 3.70. The van der Waals surface area contributed by atoms with Gasteiger partial charge < -0.3 is 10.5 Å². The van der Waals surface area contributed by atoms with E-state index in [2.05, 4.69) is 37.3 Å². The smallest absolute Gasteiger partial charge is 0.119 e. The molecule has 1 atom stereocenters. The fraction of sp³-hybridized carbons (Fsp3) is 0.412. The highest BCUT2D eigenvalue weighted by Gasteiger charge is 2.03. The van der Waals surface area contributed by atoms with Crippen molar-refractivity contribution >= 4 is 10.8 Å². The van der Waals surface area contributed by atoms with E-state index in [-0.39, 0.29) is 0 Å². The predicted octanol–water partition coefficient (Wildman–Crippen LogP) is 3.77. The molecule has 0 aliphatic rings. The molecule has 0 fully saturated rings. The van der Waals surface area contributed by atoms with Gasteiger partial charge in [-0.05, 0) is 60.2 Å². The zero-order valence-corrected chi connectivity index (χ0v) is 11.9. The zero-order valence-electron chi connectivity index (χ0n) is 11.9. The van der Waals surface area contributed by atoms with Gasteiger partial charge in [-0.1, -0.05) is 31.2 Å². The molecule has 0 saturated heterocycles. The largest absolute Gasteiger partial charge is 0.497 e.